The van der Waals surface area contributed by atoms with E-state index >= 15 is 0 Å². The van der Waals surface area contributed by atoms with Crippen molar-refractivity contribution in [1.29, 1.82) is 0 Å². The second-order valence-corrected chi connectivity index (χ2v) is 7.02. The normalized spacial score (nSPS) is 12.8. The molecule has 148 valence electrons. The fourth-order valence-corrected chi connectivity index (χ4v) is 3.11. The third kappa shape index (κ3) is 4.61. The first-order chi connectivity index (χ1) is 13.3. The molecular weight excluding hydrogens is 439 g/mol. The van der Waals surface area contributed by atoms with Crippen molar-refractivity contribution >= 4 is 33.3 Å². The predicted octanol–water partition coefficient (Wildman–Crippen LogP) is 3.53. The molecule has 0 saturated heterocycles. The van der Waals surface area contributed by atoms with Crippen molar-refractivity contribution < 1.29 is 18.0 Å². The molecule has 6 nitrogen and oxygen atoms in total. The largest absolute Gasteiger partial charge is 0.416 e. The van der Waals surface area contributed by atoms with Crippen LogP contribution >= 0.6 is 15.9 Å². The molecule has 10 heteroatoms. The van der Waals surface area contributed by atoms with E-state index in [0.717, 1.165) is 16.6 Å². The lowest BCUT2D eigenvalue weighted by atomic mass is 9.97. The summed E-state index contributed by atoms with van der Waals surface area (Å²) in [6, 6.07) is 6.57. The zero-order chi connectivity index (χ0) is 20.3. The summed E-state index contributed by atoms with van der Waals surface area (Å²) in [6.07, 6.45) is -0.722. The maximum atomic E-state index is 12.7. The van der Waals surface area contributed by atoms with Crippen LogP contribution in [0.5, 0.6) is 0 Å². The van der Waals surface area contributed by atoms with Gasteiger partial charge >= 0.3 is 6.18 Å². The lowest BCUT2D eigenvalue weighted by Gasteiger charge is -2.17. The number of carbonyl (C=O) groups excluding carboxylic acids is 1. The van der Waals surface area contributed by atoms with Crippen LogP contribution in [-0.2, 0) is 17.4 Å². The molecule has 2 aromatic heterocycles. The van der Waals surface area contributed by atoms with Crippen molar-refractivity contribution in [2.75, 3.05) is 18.9 Å². The molecule has 0 saturated carbocycles. The fourth-order valence-electron chi connectivity index (χ4n) is 2.74. The Labute approximate surface area is 167 Å². The summed E-state index contributed by atoms with van der Waals surface area (Å²) in [5.41, 5.74) is 0.560. The molecule has 28 heavy (non-hydrogen) atoms. The molecule has 2 heterocycles. The van der Waals surface area contributed by atoms with Gasteiger partial charge in [0.15, 0.2) is 5.65 Å². The number of benzene rings is 1. The van der Waals surface area contributed by atoms with Gasteiger partial charge < -0.3 is 10.6 Å². The summed E-state index contributed by atoms with van der Waals surface area (Å²) >= 11 is 3.36. The molecule has 1 amide bonds. The number of nitrogens with zero attached hydrogens (tertiary/aromatic N) is 3. The molecule has 0 aliphatic carbocycles. The molecule has 3 rings (SSSR count). The first-order valence-electron chi connectivity index (χ1n) is 8.39. The maximum Gasteiger partial charge on any atom is 0.416 e. The van der Waals surface area contributed by atoms with Crippen LogP contribution in [0.4, 0.5) is 19.0 Å². The lowest BCUT2D eigenvalue weighted by Crippen LogP contribution is -2.33. The van der Waals surface area contributed by atoms with E-state index in [1.807, 2.05) is 0 Å². The van der Waals surface area contributed by atoms with Crippen LogP contribution < -0.4 is 10.6 Å². The van der Waals surface area contributed by atoms with Crippen molar-refractivity contribution in [3.05, 3.63) is 58.3 Å². The Balaban J connectivity index is 1.71. The van der Waals surface area contributed by atoms with Gasteiger partial charge in [-0.05, 0) is 46.1 Å². The minimum Gasteiger partial charge on any atom is -0.369 e. The van der Waals surface area contributed by atoms with E-state index in [0.29, 0.717) is 23.4 Å². The molecule has 1 atom stereocenters. The average Bonchev–Trinajstić information content (AvgIpc) is 3.04. The van der Waals surface area contributed by atoms with E-state index in [-0.39, 0.29) is 12.5 Å². The van der Waals surface area contributed by atoms with E-state index < -0.39 is 17.7 Å². The van der Waals surface area contributed by atoms with Gasteiger partial charge in [-0.3, -0.25) is 4.79 Å². The standard InChI is InChI=1S/C18H17BrF3N5O/c1-23-17(28)12(8-11-2-4-13(5-3-11)18(20,21)22)9-24-15-6-7-27-16(26-15)14(19)10-25-27/h2-7,10,12H,8-9H2,1H3,(H,23,28)(H,24,26). The summed E-state index contributed by atoms with van der Waals surface area (Å²) < 4.78 is 40.4. The predicted molar refractivity (Wildman–Crippen MR) is 102 cm³/mol. The van der Waals surface area contributed by atoms with Crippen LogP contribution in [0.2, 0.25) is 0 Å². The van der Waals surface area contributed by atoms with Crippen LogP contribution in [0, 0.1) is 5.92 Å². The van der Waals surface area contributed by atoms with E-state index in [2.05, 4.69) is 36.6 Å². The smallest absolute Gasteiger partial charge is 0.369 e. The fraction of sp³-hybridized carbons (Fsp3) is 0.278. The Morgan fingerprint density at radius 3 is 2.61 bits per heavy atom. The monoisotopic (exact) mass is 455 g/mol. The number of alkyl halides is 3. The van der Waals surface area contributed by atoms with Crippen molar-refractivity contribution in [2.24, 2.45) is 5.92 Å². The highest BCUT2D eigenvalue weighted by atomic mass is 79.9. The third-order valence-corrected chi connectivity index (χ3v) is 4.80. The van der Waals surface area contributed by atoms with Gasteiger partial charge in [0, 0.05) is 19.8 Å². The van der Waals surface area contributed by atoms with Gasteiger partial charge in [-0.25, -0.2) is 9.50 Å². The number of rotatable bonds is 6. The zero-order valence-corrected chi connectivity index (χ0v) is 16.4. The summed E-state index contributed by atoms with van der Waals surface area (Å²) in [6.45, 7) is 0.273. The third-order valence-electron chi connectivity index (χ3n) is 4.24. The second kappa shape index (κ2) is 8.17. The molecule has 0 aliphatic rings. The lowest BCUT2D eigenvalue weighted by molar-refractivity contribution is -0.137. The molecule has 1 unspecified atom stereocenters. The summed E-state index contributed by atoms with van der Waals surface area (Å²) in [4.78, 5) is 16.6. The van der Waals surface area contributed by atoms with Crippen LogP contribution in [0.3, 0.4) is 0 Å². The minimum atomic E-state index is -4.38. The van der Waals surface area contributed by atoms with E-state index in [1.54, 1.807) is 23.0 Å². The number of halogens is 4. The maximum absolute atomic E-state index is 12.7. The Morgan fingerprint density at radius 1 is 1.25 bits per heavy atom. The number of fused-ring (bicyclic) bond motifs is 1. The molecule has 0 radical (unpaired) electrons. The quantitative estimate of drug-likeness (QED) is 0.596. The number of hydrogen-bond acceptors (Lipinski definition) is 4. The van der Waals surface area contributed by atoms with Gasteiger partial charge in [0.25, 0.3) is 0 Å². The SMILES string of the molecule is CNC(=O)C(CNc1ccn2ncc(Br)c2n1)Cc1ccc(C(F)(F)F)cc1. The van der Waals surface area contributed by atoms with Crippen molar-refractivity contribution in [3.8, 4) is 0 Å². The molecule has 2 N–H and O–H groups in total. The molecular formula is C18H17BrF3N5O. The van der Waals surface area contributed by atoms with Crippen LogP contribution in [0.15, 0.2) is 47.2 Å². The molecule has 1 aromatic carbocycles. The topological polar surface area (TPSA) is 71.3 Å². The Bertz CT molecular complexity index is 972. The van der Waals surface area contributed by atoms with E-state index in [1.165, 1.54) is 19.2 Å². The summed E-state index contributed by atoms with van der Waals surface area (Å²) in [7, 11) is 1.52. The average molecular weight is 456 g/mol. The number of carbonyl (C=O) groups is 1. The number of nitrogens with one attached hydrogen (secondary N) is 2. The van der Waals surface area contributed by atoms with Gasteiger partial charge in [-0.15, -0.1) is 0 Å². The van der Waals surface area contributed by atoms with Gasteiger partial charge in [0.05, 0.1) is 22.2 Å². The summed E-state index contributed by atoms with van der Waals surface area (Å²) in [5, 5.41) is 9.81. The summed E-state index contributed by atoms with van der Waals surface area (Å²) in [5.74, 6) is -0.123. The molecule has 0 bridgehead atoms. The Morgan fingerprint density at radius 2 is 1.96 bits per heavy atom. The van der Waals surface area contributed by atoms with Crippen molar-refractivity contribution in [2.45, 2.75) is 12.6 Å². The van der Waals surface area contributed by atoms with E-state index in [9.17, 15) is 18.0 Å². The van der Waals surface area contributed by atoms with Crippen LogP contribution in [0.25, 0.3) is 5.65 Å². The Hall–Kier alpha value is -2.62. The Kier molecular flexibility index (Phi) is 5.87. The number of amides is 1. The van der Waals surface area contributed by atoms with E-state index in [4.69, 9.17) is 0 Å². The number of anilines is 1. The zero-order valence-electron chi connectivity index (χ0n) is 14.8. The highest BCUT2D eigenvalue weighted by Crippen LogP contribution is 2.29. The van der Waals surface area contributed by atoms with Crippen molar-refractivity contribution in [3.63, 3.8) is 0 Å². The number of hydrogen-bond donors (Lipinski definition) is 2. The van der Waals surface area contributed by atoms with Crippen LogP contribution in [0.1, 0.15) is 11.1 Å². The molecule has 0 fully saturated rings. The molecule has 3 aromatic rings. The number of aromatic nitrogens is 3. The second-order valence-electron chi connectivity index (χ2n) is 6.16. The first-order valence-corrected chi connectivity index (χ1v) is 9.18. The van der Waals surface area contributed by atoms with Crippen LogP contribution in [-0.4, -0.2) is 34.1 Å². The van der Waals surface area contributed by atoms with Gasteiger partial charge in [0.1, 0.15) is 5.82 Å². The highest BCUT2D eigenvalue weighted by molar-refractivity contribution is 9.10. The van der Waals surface area contributed by atoms with Crippen molar-refractivity contribution in [1.82, 2.24) is 19.9 Å². The van der Waals surface area contributed by atoms with Gasteiger partial charge in [-0.1, -0.05) is 12.1 Å². The van der Waals surface area contributed by atoms with Gasteiger partial charge in [0.2, 0.25) is 5.91 Å². The van der Waals surface area contributed by atoms with Gasteiger partial charge in [-0.2, -0.15) is 18.3 Å². The molecule has 0 aliphatic heterocycles. The highest BCUT2D eigenvalue weighted by Gasteiger charge is 2.30. The molecule has 0 spiro atoms. The first kappa shape index (κ1) is 20.1. The minimum absolute atomic E-state index is 0.209.